The molecule has 33 heavy (non-hydrogen) atoms. The summed E-state index contributed by atoms with van der Waals surface area (Å²) in [4.78, 5) is 50.7. The Balaban J connectivity index is 2.00. The van der Waals surface area contributed by atoms with Gasteiger partial charge in [0.05, 0.1) is 11.1 Å². The zero-order valence-corrected chi connectivity index (χ0v) is 18.1. The van der Waals surface area contributed by atoms with Crippen molar-refractivity contribution in [1.29, 1.82) is 0 Å². The molecule has 0 bridgehead atoms. The Labute approximate surface area is 190 Å². The summed E-state index contributed by atoms with van der Waals surface area (Å²) in [7, 11) is 0. The molecule has 0 N–H and O–H groups in total. The molecule has 0 saturated heterocycles. The van der Waals surface area contributed by atoms with Crippen LogP contribution in [0.2, 0.25) is 0 Å². The van der Waals surface area contributed by atoms with Crippen LogP contribution in [0.25, 0.3) is 6.08 Å². The van der Waals surface area contributed by atoms with Crippen LogP contribution in [0.4, 0.5) is 0 Å². The van der Waals surface area contributed by atoms with Crippen LogP contribution in [-0.4, -0.2) is 23.5 Å². The minimum Gasteiger partial charge on any atom is -0.426 e. The summed E-state index contributed by atoms with van der Waals surface area (Å²) in [6.07, 6.45) is 1.96. The molecular weight excluding hydrogens is 420 g/mol. The Hall–Kier alpha value is -4.32. The third-order valence-corrected chi connectivity index (χ3v) is 5.27. The van der Waals surface area contributed by atoms with Gasteiger partial charge in [0.25, 0.3) is 0 Å². The molecule has 0 unspecified atom stereocenters. The van der Waals surface area contributed by atoms with E-state index in [1.54, 1.807) is 24.3 Å². The van der Waals surface area contributed by atoms with Crippen molar-refractivity contribution in [2.75, 3.05) is 0 Å². The molecular formula is C27H20O6. The molecule has 3 aromatic rings. The fourth-order valence-corrected chi connectivity index (χ4v) is 3.96. The molecule has 0 aromatic heterocycles. The number of carbonyl (C=O) groups is 4. The molecule has 0 heterocycles. The largest absolute Gasteiger partial charge is 0.426 e. The summed E-state index contributed by atoms with van der Waals surface area (Å²) in [6.45, 7) is 6.20. The molecule has 0 atom stereocenters. The summed E-state index contributed by atoms with van der Waals surface area (Å²) in [6, 6.07) is 15.4. The van der Waals surface area contributed by atoms with E-state index in [2.05, 4.69) is 6.58 Å². The molecule has 1 aliphatic carbocycles. The topological polar surface area (TPSA) is 86.7 Å². The van der Waals surface area contributed by atoms with E-state index >= 15 is 0 Å². The van der Waals surface area contributed by atoms with Crippen LogP contribution >= 0.6 is 0 Å². The number of ketones is 2. The monoisotopic (exact) mass is 440 g/mol. The van der Waals surface area contributed by atoms with Crippen molar-refractivity contribution in [2.45, 2.75) is 20.3 Å². The van der Waals surface area contributed by atoms with Gasteiger partial charge in [-0.3, -0.25) is 19.2 Å². The predicted octanol–water partition coefficient (Wildman–Crippen LogP) is 4.55. The number of hydrogen-bond acceptors (Lipinski definition) is 6. The average molecular weight is 440 g/mol. The van der Waals surface area contributed by atoms with Crippen molar-refractivity contribution < 1.29 is 28.7 Å². The first-order valence-electron chi connectivity index (χ1n) is 10.3. The molecule has 1 aliphatic rings. The maximum atomic E-state index is 13.5. The first-order chi connectivity index (χ1) is 15.8. The van der Waals surface area contributed by atoms with Crippen molar-refractivity contribution >= 4 is 29.6 Å². The second-order valence-electron chi connectivity index (χ2n) is 7.63. The number of esters is 2. The molecule has 0 saturated carbocycles. The van der Waals surface area contributed by atoms with E-state index in [1.165, 1.54) is 26.0 Å². The average Bonchev–Trinajstić information content (AvgIpc) is 2.78. The number of benzene rings is 3. The van der Waals surface area contributed by atoms with Gasteiger partial charge in [-0.05, 0) is 17.2 Å². The van der Waals surface area contributed by atoms with E-state index in [-0.39, 0.29) is 40.2 Å². The summed E-state index contributed by atoms with van der Waals surface area (Å²) >= 11 is 0. The molecule has 164 valence electrons. The maximum Gasteiger partial charge on any atom is 0.308 e. The first-order valence-corrected chi connectivity index (χ1v) is 10.3. The van der Waals surface area contributed by atoms with Gasteiger partial charge in [0.15, 0.2) is 11.6 Å². The second kappa shape index (κ2) is 8.67. The Morgan fingerprint density at radius 1 is 0.848 bits per heavy atom. The fourth-order valence-electron chi connectivity index (χ4n) is 3.96. The zero-order chi connectivity index (χ0) is 23.7. The van der Waals surface area contributed by atoms with E-state index < -0.39 is 23.5 Å². The molecule has 4 rings (SSSR count). The van der Waals surface area contributed by atoms with Gasteiger partial charge in [0.2, 0.25) is 0 Å². The van der Waals surface area contributed by atoms with E-state index in [1.807, 2.05) is 24.3 Å². The first kappa shape index (κ1) is 21.9. The summed E-state index contributed by atoms with van der Waals surface area (Å²) in [5, 5.41) is 0. The summed E-state index contributed by atoms with van der Waals surface area (Å²) < 4.78 is 10.9. The highest BCUT2D eigenvalue weighted by molar-refractivity contribution is 6.30. The van der Waals surface area contributed by atoms with Gasteiger partial charge in [-0.1, -0.05) is 61.2 Å². The Bertz CT molecular complexity index is 1350. The Morgan fingerprint density at radius 3 is 2.09 bits per heavy atom. The maximum absolute atomic E-state index is 13.5. The Morgan fingerprint density at radius 2 is 1.48 bits per heavy atom. The number of rotatable bonds is 5. The third kappa shape index (κ3) is 4.11. The van der Waals surface area contributed by atoms with Crippen molar-refractivity contribution in [3.63, 3.8) is 0 Å². The predicted molar refractivity (Wildman–Crippen MR) is 122 cm³/mol. The van der Waals surface area contributed by atoms with Gasteiger partial charge in [0.1, 0.15) is 11.5 Å². The normalized spacial score (nSPS) is 11.9. The molecule has 6 nitrogen and oxygen atoms in total. The van der Waals surface area contributed by atoms with Gasteiger partial charge < -0.3 is 9.47 Å². The minimum atomic E-state index is -0.642. The zero-order valence-electron chi connectivity index (χ0n) is 18.1. The van der Waals surface area contributed by atoms with E-state index in [4.69, 9.17) is 9.47 Å². The van der Waals surface area contributed by atoms with Crippen molar-refractivity contribution in [1.82, 2.24) is 0 Å². The molecule has 0 radical (unpaired) electrons. The van der Waals surface area contributed by atoms with Gasteiger partial charge >= 0.3 is 11.9 Å². The van der Waals surface area contributed by atoms with Gasteiger partial charge in [0, 0.05) is 37.0 Å². The van der Waals surface area contributed by atoms with Crippen LogP contribution < -0.4 is 9.47 Å². The van der Waals surface area contributed by atoms with Crippen LogP contribution in [0.5, 0.6) is 11.5 Å². The van der Waals surface area contributed by atoms with Gasteiger partial charge in [-0.25, -0.2) is 0 Å². The molecule has 0 fully saturated rings. The number of fused-ring (bicyclic) bond motifs is 2. The van der Waals surface area contributed by atoms with Crippen molar-refractivity contribution in [3.8, 4) is 11.5 Å². The molecule has 0 aliphatic heterocycles. The highest BCUT2D eigenvalue weighted by Gasteiger charge is 2.37. The fraction of sp³-hybridized carbons (Fsp3) is 0.111. The molecule has 0 amide bonds. The lowest BCUT2D eigenvalue weighted by atomic mass is 9.81. The molecule has 3 aromatic carbocycles. The smallest absolute Gasteiger partial charge is 0.308 e. The lowest BCUT2D eigenvalue weighted by Gasteiger charge is -2.24. The SMILES string of the molecule is C=Cc1cccc(Cc2cc(OC(C)=O)c3c(c2OC(C)=O)C(=O)c2ccccc2C3=O)c1. The van der Waals surface area contributed by atoms with Gasteiger partial charge in [-0.2, -0.15) is 0 Å². The van der Waals surface area contributed by atoms with Crippen LogP contribution in [0, 0.1) is 0 Å². The number of carbonyl (C=O) groups excluding carboxylic acids is 4. The van der Waals surface area contributed by atoms with Crippen molar-refractivity contribution in [2.24, 2.45) is 0 Å². The number of hydrogen-bond donors (Lipinski definition) is 0. The highest BCUT2D eigenvalue weighted by atomic mass is 16.5. The van der Waals surface area contributed by atoms with Crippen LogP contribution in [0.15, 0.2) is 61.2 Å². The van der Waals surface area contributed by atoms with E-state index in [9.17, 15) is 19.2 Å². The minimum absolute atomic E-state index is 0.00902. The molecule has 0 spiro atoms. The van der Waals surface area contributed by atoms with Gasteiger partial charge in [-0.15, -0.1) is 0 Å². The number of ether oxygens (including phenoxy) is 2. The Kier molecular flexibility index (Phi) is 5.75. The van der Waals surface area contributed by atoms with Crippen LogP contribution in [0.3, 0.4) is 0 Å². The lowest BCUT2D eigenvalue weighted by Crippen LogP contribution is -2.25. The van der Waals surface area contributed by atoms with E-state index in [0.29, 0.717) is 5.56 Å². The third-order valence-electron chi connectivity index (χ3n) is 5.27. The van der Waals surface area contributed by atoms with Crippen LogP contribution in [-0.2, 0) is 16.0 Å². The van der Waals surface area contributed by atoms with Crippen LogP contribution in [0.1, 0.15) is 62.4 Å². The quantitative estimate of drug-likeness (QED) is 0.334. The van der Waals surface area contributed by atoms with E-state index in [0.717, 1.165) is 11.1 Å². The second-order valence-corrected chi connectivity index (χ2v) is 7.63. The van der Waals surface area contributed by atoms with Crippen molar-refractivity contribution in [3.05, 3.63) is 100 Å². The lowest BCUT2D eigenvalue weighted by molar-refractivity contribution is -0.133. The standard InChI is InChI=1S/C27H20O6/c1-4-17-8-7-9-18(12-17)13-19-14-22(32-15(2)28)23-24(27(19)33-16(3)29)26(31)21-11-6-5-10-20(21)25(23)30/h4-12,14H,1,13H2,2-3H3. The molecule has 6 heteroatoms. The summed E-state index contributed by atoms with van der Waals surface area (Å²) in [5.74, 6) is -2.30. The highest BCUT2D eigenvalue weighted by Crippen LogP contribution is 2.42. The summed E-state index contributed by atoms with van der Waals surface area (Å²) in [5.41, 5.74) is 2.40.